The Morgan fingerprint density at radius 2 is 1.81 bits per heavy atom. The van der Waals surface area contributed by atoms with Gasteiger partial charge in [-0.15, -0.1) is 0 Å². The van der Waals surface area contributed by atoms with Gasteiger partial charge >= 0.3 is 10.8 Å². The lowest BCUT2D eigenvalue weighted by Crippen LogP contribution is -2.33. The summed E-state index contributed by atoms with van der Waals surface area (Å²) in [6.45, 7) is 3.60. The van der Waals surface area contributed by atoms with Crippen LogP contribution in [-0.2, 0) is 25.7 Å². The van der Waals surface area contributed by atoms with E-state index < -0.39 is 34.9 Å². The number of aryl methyl sites for hydroxylation is 1. The molecular weight excluding hydrogens is 588 g/mol. The van der Waals surface area contributed by atoms with Crippen LogP contribution >= 0.6 is 23.1 Å². The van der Waals surface area contributed by atoms with Gasteiger partial charge in [0.15, 0.2) is 0 Å². The van der Waals surface area contributed by atoms with Crippen LogP contribution in [0.1, 0.15) is 39.2 Å². The predicted octanol–water partition coefficient (Wildman–Crippen LogP) is 4.22. The molecule has 43 heavy (non-hydrogen) atoms. The van der Waals surface area contributed by atoms with Crippen molar-refractivity contribution in [1.82, 2.24) is 9.55 Å². The number of rotatable bonds is 7. The van der Waals surface area contributed by atoms with Crippen molar-refractivity contribution >= 4 is 58.2 Å². The standard InChI is InChI=1S/C31H26N4O6S2/c1-3-41-30(39)18-9-11-21(12-10-18)35-27(37)24-23(19-7-5-13-32-15-19)26-29(42-25(24)28(35)38)34(31(40)43-26)16-22(36)33-20-8-4-6-17(2)14-20/h4-15,23-25H,3,16H2,1-2H3,(H,33,36)/t23-,24-,25+/m0/s1. The van der Waals surface area contributed by atoms with Gasteiger partial charge in [-0.3, -0.25) is 28.7 Å². The smallest absolute Gasteiger partial charge is 0.338 e. The minimum Gasteiger partial charge on any atom is -0.462 e. The van der Waals surface area contributed by atoms with Crippen LogP contribution < -0.4 is 15.1 Å². The lowest BCUT2D eigenvalue weighted by atomic mass is 9.84. The first-order valence-electron chi connectivity index (χ1n) is 13.6. The van der Waals surface area contributed by atoms with Crippen molar-refractivity contribution in [3.63, 3.8) is 0 Å². The van der Waals surface area contributed by atoms with E-state index in [1.54, 1.807) is 43.6 Å². The Morgan fingerprint density at radius 3 is 2.51 bits per heavy atom. The lowest BCUT2D eigenvalue weighted by molar-refractivity contribution is -0.122. The van der Waals surface area contributed by atoms with Crippen LogP contribution in [0.2, 0.25) is 0 Å². The molecule has 0 saturated carbocycles. The largest absolute Gasteiger partial charge is 0.462 e. The maximum atomic E-state index is 14.0. The number of thioether (sulfide) groups is 1. The number of nitrogens with one attached hydrogen (secondary N) is 1. The second-order valence-corrected chi connectivity index (χ2v) is 12.3. The maximum Gasteiger partial charge on any atom is 0.338 e. The van der Waals surface area contributed by atoms with Crippen LogP contribution in [0.4, 0.5) is 11.4 Å². The number of hydrogen-bond donors (Lipinski definition) is 1. The second-order valence-electron chi connectivity index (χ2n) is 10.1. The summed E-state index contributed by atoms with van der Waals surface area (Å²) in [7, 11) is 0. The number of imide groups is 1. The molecule has 218 valence electrons. The number of pyridine rings is 1. The monoisotopic (exact) mass is 614 g/mol. The number of thiazole rings is 1. The molecule has 10 nitrogen and oxygen atoms in total. The summed E-state index contributed by atoms with van der Waals surface area (Å²) in [5, 5.41) is 2.49. The topological polar surface area (TPSA) is 128 Å². The van der Waals surface area contributed by atoms with Gasteiger partial charge in [-0.1, -0.05) is 41.3 Å². The van der Waals surface area contributed by atoms with E-state index >= 15 is 0 Å². The number of anilines is 2. The Morgan fingerprint density at radius 1 is 1.02 bits per heavy atom. The normalized spacial score (nSPS) is 19.1. The third-order valence-corrected chi connectivity index (χ3v) is 9.94. The molecule has 4 heterocycles. The van der Waals surface area contributed by atoms with E-state index in [9.17, 15) is 24.0 Å². The van der Waals surface area contributed by atoms with Crippen LogP contribution in [0.15, 0.2) is 82.9 Å². The highest BCUT2D eigenvalue weighted by molar-refractivity contribution is 8.00. The molecule has 0 spiro atoms. The zero-order valence-electron chi connectivity index (χ0n) is 23.2. The summed E-state index contributed by atoms with van der Waals surface area (Å²) in [6.07, 6.45) is 3.25. The molecule has 3 atom stereocenters. The molecule has 6 rings (SSSR count). The summed E-state index contributed by atoms with van der Waals surface area (Å²) < 4.78 is 6.42. The molecule has 2 aromatic heterocycles. The predicted molar refractivity (Wildman–Crippen MR) is 162 cm³/mol. The van der Waals surface area contributed by atoms with E-state index in [4.69, 9.17) is 4.74 Å². The van der Waals surface area contributed by atoms with Crippen molar-refractivity contribution < 1.29 is 23.9 Å². The van der Waals surface area contributed by atoms with E-state index in [0.29, 0.717) is 32.4 Å². The number of carbonyl (C=O) groups excluding carboxylic acids is 4. The third kappa shape index (κ3) is 5.28. The molecule has 4 aromatic rings. The van der Waals surface area contributed by atoms with Crippen molar-refractivity contribution in [2.75, 3.05) is 16.8 Å². The number of esters is 1. The van der Waals surface area contributed by atoms with Gasteiger partial charge < -0.3 is 10.1 Å². The fraction of sp³-hybridized carbons (Fsp3) is 0.226. The summed E-state index contributed by atoms with van der Waals surface area (Å²) in [5.74, 6) is -3.14. The van der Waals surface area contributed by atoms with E-state index in [2.05, 4.69) is 10.3 Å². The number of fused-ring (bicyclic) bond motifs is 2. The molecule has 2 aromatic carbocycles. The van der Waals surface area contributed by atoms with E-state index in [1.807, 2.05) is 31.2 Å². The molecule has 1 saturated heterocycles. The number of benzene rings is 2. The van der Waals surface area contributed by atoms with Gasteiger partial charge in [0, 0.05) is 28.9 Å². The van der Waals surface area contributed by atoms with Crippen LogP contribution in [0, 0.1) is 12.8 Å². The first-order chi connectivity index (χ1) is 20.8. The fourth-order valence-corrected chi connectivity index (χ4v) is 8.23. The molecule has 0 unspecified atom stereocenters. The number of nitrogens with zero attached hydrogens (tertiary/aromatic N) is 3. The summed E-state index contributed by atoms with van der Waals surface area (Å²) >= 11 is 2.11. The Kier molecular flexibility index (Phi) is 7.72. The molecular formula is C31H26N4O6S2. The minimum atomic E-state index is -0.838. The van der Waals surface area contributed by atoms with Gasteiger partial charge in [0.1, 0.15) is 11.8 Å². The molecule has 2 aliphatic heterocycles. The number of carbonyl (C=O) groups is 4. The van der Waals surface area contributed by atoms with Gasteiger partial charge in [0.05, 0.1) is 28.8 Å². The van der Waals surface area contributed by atoms with E-state index in [-0.39, 0.29) is 23.9 Å². The lowest BCUT2D eigenvalue weighted by Gasteiger charge is -2.30. The summed E-state index contributed by atoms with van der Waals surface area (Å²) in [6, 6.07) is 17.0. The number of hydrogen-bond acceptors (Lipinski definition) is 9. The van der Waals surface area contributed by atoms with Crippen molar-refractivity contribution in [1.29, 1.82) is 0 Å². The quantitative estimate of drug-likeness (QED) is 0.242. The Balaban J connectivity index is 1.36. The average Bonchev–Trinajstić information content (AvgIpc) is 3.44. The third-order valence-electron chi connectivity index (χ3n) is 7.33. The van der Waals surface area contributed by atoms with Gasteiger partial charge in [0.25, 0.3) is 0 Å². The second kappa shape index (κ2) is 11.6. The molecule has 0 radical (unpaired) electrons. The van der Waals surface area contributed by atoms with Gasteiger partial charge in [-0.2, -0.15) is 0 Å². The van der Waals surface area contributed by atoms with Crippen LogP contribution in [-0.4, -0.2) is 45.1 Å². The highest BCUT2D eigenvalue weighted by atomic mass is 32.2. The first kappa shape index (κ1) is 28.6. The highest BCUT2D eigenvalue weighted by Gasteiger charge is 2.56. The molecule has 0 aliphatic carbocycles. The van der Waals surface area contributed by atoms with Crippen molar-refractivity contribution in [3.05, 3.63) is 104 Å². The SMILES string of the molecule is CCOC(=O)c1ccc(N2C(=O)[C@H]3[C@H](c4cccnc4)c4sc(=O)n(CC(=O)Nc5cccc(C)c5)c4S[C@H]3C2=O)cc1. The fourth-order valence-electron chi connectivity index (χ4n) is 5.46. The average molecular weight is 615 g/mol. The molecule has 1 fully saturated rings. The molecule has 2 aliphatic rings. The molecule has 0 bridgehead atoms. The van der Waals surface area contributed by atoms with Gasteiger partial charge in [-0.25, -0.2) is 9.69 Å². The number of ether oxygens (including phenoxy) is 1. The Bertz CT molecular complexity index is 1800. The minimum absolute atomic E-state index is 0.225. The Hall–Kier alpha value is -4.55. The maximum absolute atomic E-state index is 14.0. The molecule has 1 N–H and O–H groups in total. The molecule has 12 heteroatoms. The number of aromatic nitrogens is 2. The highest BCUT2D eigenvalue weighted by Crippen LogP contribution is 2.53. The Labute approximate surface area is 254 Å². The number of amides is 3. The van der Waals surface area contributed by atoms with E-state index in [0.717, 1.165) is 33.6 Å². The zero-order valence-corrected chi connectivity index (χ0v) is 24.8. The van der Waals surface area contributed by atoms with Gasteiger partial charge in [0.2, 0.25) is 17.7 Å². The van der Waals surface area contributed by atoms with Crippen molar-refractivity contribution in [2.24, 2.45) is 5.92 Å². The van der Waals surface area contributed by atoms with Crippen molar-refractivity contribution in [3.8, 4) is 0 Å². The molecule has 3 amide bonds. The van der Waals surface area contributed by atoms with Crippen LogP contribution in [0.5, 0.6) is 0 Å². The van der Waals surface area contributed by atoms with Crippen molar-refractivity contribution in [2.45, 2.75) is 36.6 Å². The van der Waals surface area contributed by atoms with Gasteiger partial charge in [-0.05, 0) is 67.4 Å². The first-order valence-corrected chi connectivity index (χ1v) is 15.3. The van der Waals surface area contributed by atoms with Crippen LogP contribution in [0.3, 0.4) is 0 Å². The summed E-state index contributed by atoms with van der Waals surface area (Å²) in [4.78, 5) is 72.0. The van der Waals surface area contributed by atoms with Crippen LogP contribution in [0.25, 0.3) is 0 Å². The summed E-state index contributed by atoms with van der Waals surface area (Å²) in [5.41, 5.74) is 2.93. The van der Waals surface area contributed by atoms with E-state index in [1.165, 1.54) is 16.7 Å². The zero-order chi connectivity index (χ0) is 30.2.